The van der Waals surface area contributed by atoms with E-state index in [0.717, 1.165) is 35.0 Å². The van der Waals surface area contributed by atoms with Crippen molar-refractivity contribution in [1.82, 2.24) is 9.80 Å². The van der Waals surface area contributed by atoms with Gasteiger partial charge in [0, 0.05) is 30.7 Å². The molecule has 0 saturated carbocycles. The van der Waals surface area contributed by atoms with Gasteiger partial charge in [-0.05, 0) is 32.2 Å². The molecular formula is C15H19BrN2O2S2. The number of piperazine rings is 1. The number of phenolic OH excluding ortho intramolecular Hbond substituents is 1. The largest absolute Gasteiger partial charge is 0.507 e. The van der Waals surface area contributed by atoms with Gasteiger partial charge in [0.15, 0.2) is 5.78 Å². The lowest BCUT2D eigenvalue weighted by Crippen LogP contribution is -2.46. The van der Waals surface area contributed by atoms with E-state index in [4.69, 9.17) is 12.2 Å². The Bertz CT molecular complexity index is 575. The summed E-state index contributed by atoms with van der Waals surface area (Å²) in [5.41, 5.74) is 0.329. The highest BCUT2D eigenvalue weighted by atomic mass is 79.9. The average Bonchev–Trinajstić information content (AvgIpc) is 2.49. The summed E-state index contributed by atoms with van der Waals surface area (Å²) in [6.45, 7) is 5.58. The van der Waals surface area contributed by atoms with Crippen LogP contribution in [-0.4, -0.2) is 63.5 Å². The molecule has 2 rings (SSSR count). The number of carbonyl (C=O) groups is 1. The number of nitrogens with zero attached hydrogens (tertiary/aromatic N) is 2. The molecule has 0 radical (unpaired) electrons. The Morgan fingerprint density at radius 1 is 1.36 bits per heavy atom. The van der Waals surface area contributed by atoms with Crippen molar-refractivity contribution in [3.63, 3.8) is 0 Å². The maximum absolute atomic E-state index is 12.5. The number of rotatable bonds is 3. The molecule has 1 aromatic carbocycles. The lowest BCUT2D eigenvalue weighted by molar-refractivity contribution is 0.0991. The van der Waals surface area contributed by atoms with Crippen LogP contribution in [0.15, 0.2) is 22.7 Å². The molecule has 0 aromatic heterocycles. The minimum atomic E-state index is -0.327. The summed E-state index contributed by atoms with van der Waals surface area (Å²) >= 11 is 10.2. The molecule has 0 bridgehead atoms. The second kappa shape index (κ2) is 7.77. The van der Waals surface area contributed by atoms with Crippen molar-refractivity contribution in [2.24, 2.45) is 0 Å². The van der Waals surface area contributed by atoms with Crippen molar-refractivity contribution >= 4 is 50.0 Å². The smallest absolute Gasteiger partial charge is 0.179 e. The lowest BCUT2D eigenvalue weighted by Gasteiger charge is -2.34. The Kier molecular flexibility index (Phi) is 6.26. The summed E-state index contributed by atoms with van der Waals surface area (Å²) in [5, 5.41) is 9.54. The highest BCUT2D eigenvalue weighted by Crippen LogP contribution is 2.27. The molecule has 1 fully saturated rings. The van der Waals surface area contributed by atoms with Crippen LogP contribution < -0.4 is 0 Å². The Balaban J connectivity index is 1.99. The molecule has 7 heteroatoms. The Hall–Kier alpha value is -0.630. The topological polar surface area (TPSA) is 43.8 Å². The van der Waals surface area contributed by atoms with Gasteiger partial charge in [0.2, 0.25) is 0 Å². The summed E-state index contributed by atoms with van der Waals surface area (Å²) in [4.78, 5) is 16.9. The number of halogens is 1. The summed E-state index contributed by atoms with van der Waals surface area (Å²) in [6.07, 6.45) is 0. The molecule has 120 valence electrons. The van der Waals surface area contributed by atoms with Gasteiger partial charge in [-0.2, -0.15) is 0 Å². The van der Waals surface area contributed by atoms with E-state index in [1.54, 1.807) is 12.1 Å². The second-order valence-electron chi connectivity index (χ2n) is 5.34. The fraction of sp³-hybridized carbons (Fsp3) is 0.467. The molecule has 1 saturated heterocycles. The van der Waals surface area contributed by atoms with Crippen LogP contribution >= 0.6 is 39.9 Å². The minimum absolute atomic E-state index is 0.00571. The van der Waals surface area contributed by atoms with Gasteiger partial charge < -0.3 is 14.9 Å². The zero-order valence-corrected chi connectivity index (χ0v) is 15.8. The van der Waals surface area contributed by atoms with Crippen molar-refractivity contribution in [3.8, 4) is 5.75 Å². The Morgan fingerprint density at radius 2 is 2.00 bits per heavy atom. The van der Waals surface area contributed by atoms with Crippen LogP contribution in [0.2, 0.25) is 0 Å². The van der Waals surface area contributed by atoms with Gasteiger partial charge in [0.25, 0.3) is 0 Å². The van der Waals surface area contributed by atoms with Crippen LogP contribution in [0.4, 0.5) is 0 Å². The fourth-order valence-electron chi connectivity index (χ4n) is 2.19. The molecule has 0 aliphatic carbocycles. The Morgan fingerprint density at radius 3 is 2.64 bits per heavy atom. The molecular weight excluding hydrogens is 384 g/mol. The quantitative estimate of drug-likeness (QED) is 0.619. The normalized spacial score (nSPS) is 17.3. The number of thiocarbonyl (C=S) groups is 1. The first-order valence-corrected chi connectivity index (χ1v) is 9.13. The SMILES string of the molecule is C[C@H](SC(=S)N1CCN(C)CC1)C(=O)c1cc(Br)ccc1O. The Labute approximate surface area is 149 Å². The van der Waals surface area contributed by atoms with Crippen molar-refractivity contribution in [2.45, 2.75) is 12.2 Å². The highest BCUT2D eigenvalue weighted by Gasteiger charge is 2.24. The van der Waals surface area contributed by atoms with Gasteiger partial charge in [-0.1, -0.05) is 39.9 Å². The van der Waals surface area contributed by atoms with Crippen molar-refractivity contribution in [3.05, 3.63) is 28.2 Å². The number of likely N-dealkylation sites (N-methyl/N-ethyl adjacent to an activating group) is 1. The molecule has 0 amide bonds. The number of thioether (sulfide) groups is 1. The van der Waals surface area contributed by atoms with E-state index in [0.29, 0.717) is 5.56 Å². The molecule has 1 aliphatic heterocycles. The van der Waals surface area contributed by atoms with Gasteiger partial charge in [-0.3, -0.25) is 4.79 Å². The fourth-order valence-corrected chi connectivity index (χ4v) is 4.04. The van der Waals surface area contributed by atoms with Gasteiger partial charge in [0.05, 0.1) is 10.8 Å². The molecule has 1 heterocycles. The number of aromatic hydroxyl groups is 1. The zero-order chi connectivity index (χ0) is 16.3. The van der Waals surface area contributed by atoms with Gasteiger partial charge in [-0.25, -0.2) is 0 Å². The van der Waals surface area contributed by atoms with Crippen LogP contribution in [0.1, 0.15) is 17.3 Å². The molecule has 0 unspecified atom stereocenters. The number of phenols is 1. The predicted octanol–water partition coefficient (Wildman–Crippen LogP) is 2.99. The molecule has 4 nitrogen and oxygen atoms in total. The van der Waals surface area contributed by atoms with E-state index in [1.165, 1.54) is 17.8 Å². The van der Waals surface area contributed by atoms with Gasteiger partial charge in [-0.15, -0.1) is 0 Å². The van der Waals surface area contributed by atoms with Crippen molar-refractivity contribution in [1.29, 1.82) is 0 Å². The summed E-state index contributed by atoms with van der Waals surface area (Å²) < 4.78 is 1.52. The third-order valence-electron chi connectivity index (χ3n) is 3.63. The first-order chi connectivity index (χ1) is 10.4. The van der Waals surface area contributed by atoms with Crippen LogP contribution in [0.3, 0.4) is 0 Å². The van der Waals surface area contributed by atoms with E-state index in [2.05, 4.69) is 32.8 Å². The third kappa shape index (κ3) is 4.44. The molecule has 1 N–H and O–H groups in total. The number of ketones is 1. The molecule has 22 heavy (non-hydrogen) atoms. The standard InChI is InChI=1S/C15H19BrN2O2S2/c1-10(14(20)12-9-11(16)3-4-13(12)19)22-15(21)18-7-5-17(2)6-8-18/h3-4,9-10,19H,5-8H2,1-2H3/t10-/m0/s1. The maximum Gasteiger partial charge on any atom is 0.179 e. The van der Waals surface area contributed by atoms with Crippen molar-refractivity contribution in [2.75, 3.05) is 33.2 Å². The zero-order valence-electron chi connectivity index (χ0n) is 12.6. The van der Waals surface area contributed by atoms with E-state index in [-0.39, 0.29) is 16.8 Å². The first kappa shape index (κ1) is 17.7. The molecule has 1 atom stereocenters. The summed E-state index contributed by atoms with van der Waals surface area (Å²) in [6, 6.07) is 4.87. The molecule has 1 aromatic rings. The minimum Gasteiger partial charge on any atom is -0.507 e. The van der Waals surface area contributed by atoms with E-state index in [1.807, 2.05) is 6.92 Å². The van der Waals surface area contributed by atoms with Crippen LogP contribution in [0, 0.1) is 0 Å². The second-order valence-corrected chi connectivity index (χ2v) is 8.23. The number of carbonyl (C=O) groups excluding carboxylic acids is 1. The van der Waals surface area contributed by atoms with Gasteiger partial charge >= 0.3 is 0 Å². The highest BCUT2D eigenvalue weighted by molar-refractivity contribution is 9.10. The first-order valence-electron chi connectivity index (χ1n) is 7.05. The van der Waals surface area contributed by atoms with E-state index < -0.39 is 0 Å². The summed E-state index contributed by atoms with van der Waals surface area (Å²) in [7, 11) is 2.09. The number of benzene rings is 1. The predicted molar refractivity (Wildman–Crippen MR) is 98.9 cm³/mol. The molecule has 0 spiro atoms. The van der Waals surface area contributed by atoms with Crippen LogP contribution in [0.25, 0.3) is 0 Å². The van der Waals surface area contributed by atoms with Crippen LogP contribution in [0.5, 0.6) is 5.75 Å². The van der Waals surface area contributed by atoms with Crippen molar-refractivity contribution < 1.29 is 9.90 Å². The van der Waals surface area contributed by atoms with E-state index >= 15 is 0 Å². The number of hydrogen-bond acceptors (Lipinski definition) is 5. The monoisotopic (exact) mass is 402 g/mol. The van der Waals surface area contributed by atoms with E-state index in [9.17, 15) is 9.90 Å². The third-order valence-corrected chi connectivity index (χ3v) is 5.70. The maximum atomic E-state index is 12.5. The average molecular weight is 403 g/mol. The molecule has 1 aliphatic rings. The van der Waals surface area contributed by atoms with Gasteiger partial charge in [0.1, 0.15) is 10.1 Å². The number of hydrogen-bond donors (Lipinski definition) is 1. The summed E-state index contributed by atoms with van der Waals surface area (Å²) in [5.74, 6) is -0.105. The lowest BCUT2D eigenvalue weighted by atomic mass is 10.1. The van der Waals surface area contributed by atoms with Crippen LogP contribution in [-0.2, 0) is 0 Å². The number of Topliss-reactive ketones (excluding diaryl/α,β-unsaturated/α-hetero) is 1.